The third kappa shape index (κ3) is 3.17. The highest BCUT2D eigenvalue weighted by molar-refractivity contribution is 7.13. The number of ether oxygens (including phenoxy) is 1. The number of benzene rings is 2. The number of thiophene rings is 1. The fourth-order valence-electron chi connectivity index (χ4n) is 2.78. The molecule has 0 fully saturated rings. The first-order valence-electron chi connectivity index (χ1n) is 8.13. The number of carbonyl (C=O) groups excluding carboxylic acids is 1. The van der Waals surface area contributed by atoms with Gasteiger partial charge in [0.1, 0.15) is 11.4 Å². The van der Waals surface area contributed by atoms with Crippen LogP contribution in [0.15, 0.2) is 72.1 Å². The van der Waals surface area contributed by atoms with E-state index in [1.807, 2.05) is 66.0 Å². The highest BCUT2D eigenvalue weighted by atomic mass is 32.1. The average molecular weight is 360 g/mol. The zero-order valence-corrected chi connectivity index (χ0v) is 14.9. The topological polar surface area (TPSA) is 51.2 Å². The first kappa shape index (κ1) is 16.3. The number of pyridine rings is 1. The molecule has 0 spiro atoms. The Morgan fingerprint density at radius 2 is 1.92 bits per heavy atom. The van der Waals surface area contributed by atoms with Gasteiger partial charge >= 0.3 is 0 Å². The third-order valence-electron chi connectivity index (χ3n) is 4.09. The fourth-order valence-corrected chi connectivity index (χ4v) is 3.55. The van der Waals surface area contributed by atoms with Crippen LogP contribution in [0.1, 0.15) is 10.5 Å². The van der Waals surface area contributed by atoms with Crippen LogP contribution in [0, 0.1) is 0 Å². The number of hydrogen-bond donors (Lipinski definition) is 1. The molecule has 0 radical (unpaired) electrons. The Balaban J connectivity index is 1.64. The molecule has 0 aliphatic heterocycles. The van der Waals surface area contributed by atoms with E-state index in [2.05, 4.69) is 10.3 Å². The van der Waals surface area contributed by atoms with Crippen LogP contribution in [-0.2, 0) is 0 Å². The van der Waals surface area contributed by atoms with Crippen molar-refractivity contribution in [1.29, 1.82) is 0 Å². The van der Waals surface area contributed by atoms with Crippen molar-refractivity contribution in [2.24, 2.45) is 0 Å². The molecule has 128 valence electrons. The van der Waals surface area contributed by atoms with Gasteiger partial charge in [0.2, 0.25) is 0 Å². The monoisotopic (exact) mass is 360 g/mol. The quantitative estimate of drug-likeness (QED) is 0.542. The van der Waals surface area contributed by atoms with Crippen molar-refractivity contribution in [2.75, 3.05) is 12.4 Å². The zero-order valence-electron chi connectivity index (χ0n) is 14.1. The SMILES string of the molecule is COc1ccc2nc(C(=O)Nc3ccccc3-c3cccs3)ccc2c1. The number of anilines is 1. The summed E-state index contributed by atoms with van der Waals surface area (Å²) in [4.78, 5) is 18.3. The van der Waals surface area contributed by atoms with Crippen LogP contribution in [0.4, 0.5) is 5.69 Å². The summed E-state index contributed by atoms with van der Waals surface area (Å²) in [6.45, 7) is 0. The Morgan fingerprint density at radius 3 is 2.73 bits per heavy atom. The molecule has 0 saturated heterocycles. The summed E-state index contributed by atoms with van der Waals surface area (Å²) in [7, 11) is 1.63. The van der Waals surface area contributed by atoms with E-state index in [0.29, 0.717) is 5.69 Å². The van der Waals surface area contributed by atoms with Gasteiger partial charge in [-0.15, -0.1) is 11.3 Å². The Kier molecular flexibility index (Phi) is 4.37. The Morgan fingerprint density at radius 1 is 1.04 bits per heavy atom. The zero-order chi connectivity index (χ0) is 17.9. The minimum absolute atomic E-state index is 0.230. The summed E-state index contributed by atoms with van der Waals surface area (Å²) in [5.74, 6) is 0.535. The maximum atomic E-state index is 12.7. The maximum Gasteiger partial charge on any atom is 0.274 e. The van der Waals surface area contributed by atoms with E-state index in [9.17, 15) is 4.79 Å². The molecule has 26 heavy (non-hydrogen) atoms. The van der Waals surface area contributed by atoms with Crippen molar-refractivity contribution in [2.45, 2.75) is 0 Å². The molecule has 0 unspecified atom stereocenters. The average Bonchev–Trinajstić information content (AvgIpc) is 3.22. The van der Waals surface area contributed by atoms with Gasteiger partial charge in [-0.1, -0.05) is 30.3 Å². The first-order chi connectivity index (χ1) is 12.7. The number of nitrogens with zero attached hydrogens (tertiary/aromatic N) is 1. The summed E-state index contributed by atoms with van der Waals surface area (Å²) in [5.41, 5.74) is 2.91. The normalized spacial score (nSPS) is 10.7. The highest BCUT2D eigenvalue weighted by Crippen LogP contribution is 2.31. The molecule has 2 heterocycles. The van der Waals surface area contributed by atoms with Crippen LogP contribution < -0.4 is 10.1 Å². The van der Waals surface area contributed by atoms with Crippen LogP contribution >= 0.6 is 11.3 Å². The minimum Gasteiger partial charge on any atom is -0.497 e. The lowest BCUT2D eigenvalue weighted by Gasteiger charge is -2.10. The van der Waals surface area contributed by atoms with E-state index in [0.717, 1.165) is 32.8 Å². The molecule has 2 aromatic heterocycles. The minimum atomic E-state index is -0.230. The molecular weight excluding hydrogens is 344 g/mol. The molecule has 0 aliphatic rings. The Labute approximate surface area is 155 Å². The van der Waals surface area contributed by atoms with Crippen LogP contribution in [0.3, 0.4) is 0 Å². The summed E-state index contributed by atoms with van der Waals surface area (Å²) < 4.78 is 5.22. The molecule has 1 amide bonds. The van der Waals surface area contributed by atoms with E-state index in [4.69, 9.17) is 4.74 Å². The molecule has 4 aromatic rings. The molecule has 0 bridgehead atoms. The molecule has 2 aromatic carbocycles. The third-order valence-corrected chi connectivity index (χ3v) is 4.99. The number of para-hydroxylation sites is 1. The van der Waals surface area contributed by atoms with Crippen molar-refractivity contribution in [3.8, 4) is 16.2 Å². The standard InChI is InChI=1S/C21H16N2O2S/c1-25-15-9-11-17-14(13-15)8-10-19(22-17)21(24)23-18-6-3-2-5-16(18)20-7-4-12-26-20/h2-13H,1H3,(H,23,24). The maximum absolute atomic E-state index is 12.7. The Hall–Kier alpha value is -3.18. The lowest BCUT2D eigenvalue weighted by atomic mass is 10.1. The molecule has 0 saturated carbocycles. The summed E-state index contributed by atoms with van der Waals surface area (Å²) in [6.07, 6.45) is 0. The second-order valence-corrected chi connectivity index (χ2v) is 6.68. The summed E-state index contributed by atoms with van der Waals surface area (Å²) in [5, 5.41) is 5.93. The lowest BCUT2D eigenvalue weighted by molar-refractivity contribution is 0.102. The smallest absolute Gasteiger partial charge is 0.274 e. The fraction of sp³-hybridized carbons (Fsp3) is 0.0476. The van der Waals surface area contributed by atoms with Gasteiger partial charge in [-0.3, -0.25) is 4.79 Å². The van der Waals surface area contributed by atoms with Crippen molar-refractivity contribution in [1.82, 2.24) is 4.98 Å². The second-order valence-electron chi connectivity index (χ2n) is 5.73. The summed E-state index contributed by atoms with van der Waals surface area (Å²) >= 11 is 1.64. The number of hydrogen-bond acceptors (Lipinski definition) is 4. The van der Waals surface area contributed by atoms with Gasteiger partial charge in [-0.2, -0.15) is 0 Å². The van der Waals surface area contributed by atoms with Gasteiger partial charge in [0, 0.05) is 21.5 Å². The number of nitrogens with one attached hydrogen (secondary N) is 1. The molecule has 0 atom stereocenters. The summed E-state index contributed by atoms with van der Waals surface area (Å²) in [6, 6.07) is 21.0. The van der Waals surface area contributed by atoms with Crippen LogP contribution in [0.25, 0.3) is 21.3 Å². The van der Waals surface area contributed by atoms with Gasteiger partial charge in [0.05, 0.1) is 12.6 Å². The van der Waals surface area contributed by atoms with Crippen LogP contribution in [0.2, 0.25) is 0 Å². The van der Waals surface area contributed by atoms with Gasteiger partial charge in [0.25, 0.3) is 5.91 Å². The van der Waals surface area contributed by atoms with Crippen LogP contribution in [-0.4, -0.2) is 18.0 Å². The molecular formula is C21H16N2O2S. The van der Waals surface area contributed by atoms with Gasteiger partial charge in [-0.05, 0) is 41.8 Å². The number of aromatic nitrogens is 1. The van der Waals surface area contributed by atoms with Gasteiger partial charge in [0.15, 0.2) is 0 Å². The first-order valence-corrected chi connectivity index (χ1v) is 9.01. The molecule has 4 nitrogen and oxygen atoms in total. The number of methoxy groups -OCH3 is 1. The number of fused-ring (bicyclic) bond motifs is 1. The predicted octanol–water partition coefficient (Wildman–Crippen LogP) is 5.22. The van der Waals surface area contributed by atoms with Gasteiger partial charge < -0.3 is 10.1 Å². The predicted molar refractivity (Wildman–Crippen MR) is 106 cm³/mol. The van der Waals surface area contributed by atoms with E-state index in [-0.39, 0.29) is 5.91 Å². The van der Waals surface area contributed by atoms with E-state index in [1.54, 1.807) is 24.5 Å². The van der Waals surface area contributed by atoms with E-state index < -0.39 is 0 Å². The van der Waals surface area contributed by atoms with E-state index in [1.165, 1.54) is 0 Å². The number of carbonyl (C=O) groups is 1. The van der Waals surface area contributed by atoms with Crippen molar-refractivity contribution < 1.29 is 9.53 Å². The molecule has 0 aliphatic carbocycles. The molecule has 1 N–H and O–H groups in total. The van der Waals surface area contributed by atoms with Crippen molar-refractivity contribution in [3.63, 3.8) is 0 Å². The van der Waals surface area contributed by atoms with Gasteiger partial charge in [-0.25, -0.2) is 4.98 Å². The van der Waals surface area contributed by atoms with E-state index >= 15 is 0 Å². The lowest BCUT2D eigenvalue weighted by Crippen LogP contribution is -2.14. The second kappa shape index (κ2) is 6.98. The molecule has 4 rings (SSSR count). The largest absolute Gasteiger partial charge is 0.497 e. The van der Waals surface area contributed by atoms with Crippen molar-refractivity contribution >= 4 is 33.8 Å². The Bertz CT molecular complexity index is 1070. The molecule has 5 heteroatoms. The van der Waals surface area contributed by atoms with Crippen LogP contribution in [0.5, 0.6) is 5.75 Å². The number of rotatable bonds is 4. The highest BCUT2D eigenvalue weighted by Gasteiger charge is 2.12. The van der Waals surface area contributed by atoms with Crippen molar-refractivity contribution in [3.05, 3.63) is 77.8 Å². The number of amides is 1.